The van der Waals surface area contributed by atoms with Crippen molar-refractivity contribution in [1.29, 1.82) is 0 Å². The Morgan fingerprint density at radius 1 is 1.08 bits per heavy atom. The molecular formula is C27H27BrClN5O4S. The van der Waals surface area contributed by atoms with Gasteiger partial charge in [0.1, 0.15) is 11.6 Å². The average molecular weight is 633 g/mol. The molecule has 1 amide bonds. The summed E-state index contributed by atoms with van der Waals surface area (Å²) in [6.45, 7) is 2.26. The summed E-state index contributed by atoms with van der Waals surface area (Å²) in [4.78, 5) is 21.4. The van der Waals surface area contributed by atoms with Crippen molar-refractivity contribution in [1.82, 2.24) is 14.3 Å². The van der Waals surface area contributed by atoms with Crippen LogP contribution in [0.25, 0.3) is 10.9 Å². The first kappa shape index (κ1) is 28.8. The van der Waals surface area contributed by atoms with E-state index in [1.54, 1.807) is 36.5 Å². The lowest BCUT2D eigenvalue weighted by Gasteiger charge is -2.23. The number of nitrogens with one attached hydrogen (secondary N) is 2. The van der Waals surface area contributed by atoms with E-state index >= 15 is 0 Å². The second kappa shape index (κ2) is 12.7. The van der Waals surface area contributed by atoms with Gasteiger partial charge in [0.25, 0.3) is 0 Å². The first-order valence-corrected chi connectivity index (χ1v) is 14.6. The molecule has 204 valence electrons. The summed E-state index contributed by atoms with van der Waals surface area (Å²) in [6.07, 6.45) is 1.51. The lowest BCUT2D eigenvalue weighted by molar-refractivity contribution is -0.116. The quantitative estimate of drug-likeness (QED) is 0.225. The lowest BCUT2D eigenvalue weighted by Crippen LogP contribution is -2.37. The van der Waals surface area contributed by atoms with Crippen molar-refractivity contribution in [2.24, 2.45) is 0 Å². The topological polar surface area (TPSA) is 114 Å². The van der Waals surface area contributed by atoms with Crippen LogP contribution < -0.4 is 15.4 Å². The summed E-state index contributed by atoms with van der Waals surface area (Å²) in [5, 5.41) is 7.43. The fraction of sp³-hybridized carbons (Fsp3) is 0.222. The van der Waals surface area contributed by atoms with Gasteiger partial charge in [-0.3, -0.25) is 9.78 Å². The van der Waals surface area contributed by atoms with Crippen LogP contribution in [0.5, 0.6) is 5.75 Å². The molecule has 2 N–H and O–H groups in total. The van der Waals surface area contributed by atoms with Crippen LogP contribution in [0.3, 0.4) is 0 Å². The number of methoxy groups -OCH3 is 1. The SMILES string of the molecule is COc1ccc(S(=O)(=O)N(CCNc2cc(C)nc3ccc(Cl)cc23)CCC(=O)Nc2ccc(Br)cn2)cc1. The molecule has 2 aromatic carbocycles. The highest BCUT2D eigenvalue weighted by molar-refractivity contribution is 9.10. The monoisotopic (exact) mass is 631 g/mol. The smallest absolute Gasteiger partial charge is 0.243 e. The van der Waals surface area contributed by atoms with Crippen LogP contribution in [-0.4, -0.2) is 55.3 Å². The minimum Gasteiger partial charge on any atom is -0.497 e. The fourth-order valence-electron chi connectivity index (χ4n) is 3.92. The largest absolute Gasteiger partial charge is 0.497 e. The van der Waals surface area contributed by atoms with Crippen molar-refractivity contribution in [2.45, 2.75) is 18.2 Å². The van der Waals surface area contributed by atoms with E-state index in [-0.39, 0.29) is 36.9 Å². The molecule has 12 heteroatoms. The molecule has 0 bridgehead atoms. The van der Waals surface area contributed by atoms with E-state index in [4.69, 9.17) is 16.3 Å². The number of nitrogens with zero attached hydrogens (tertiary/aromatic N) is 3. The molecule has 0 aliphatic heterocycles. The number of aryl methyl sites for hydroxylation is 1. The Labute approximate surface area is 240 Å². The third kappa shape index (κ3) is 7.45. The zero-order valence-electron chi connectivity index (χ0n) is 21.3. The van der Waals surface area contributed by atoms with Crippen molar-refractivity contribution in [2.75, 3.05) is 37.4 Å². The highest BCUT2D eigenvalue weighted by atomic mass is 79.9. The summed E-state index contributed by atoms with van der Waals surface area (Å²) in [7, 11) is -2.40. The number of anilines is 2. The third-order valence-corrected chi connectivity index (χ3v) is 8.47. The molecule has 0 aliphatic carbocycles. The number of rotatable bonds is 11. The number of amides is 1. The highest BCUT2D eigenvalue weighted by Crippen LogP contribution is 2.26. The maximum Gasteiger partial charge on any atom is 0.243 e. The first-order chi connectivity index (χ1) is 18.7. The normalized spacial score (nSPS) is 11.5. The second-order valence-electron chi connectivity index (χ2n) is 8.64. The number of pyridine rings is 2. The lowest BCUT2D eigenvalue weighted by atomic mass is 10.1. The van der Waals surface area contributed by atoms with Gasteiger partial charge in [-0.2, -0.15) is 4.31 Å². The van der Waals surface area contributed by atoms with Crippen molar-refractivity contribution in [3.05, 3.63) is 82.0 Å². The van der Waals surface area contributed by atoms with E-state index in [1.807, 2.05) is 25.1 Å². The third-order valence-electron chi connectivity index (χ3n) is 5.86. The van der Waals surface area contributed by atoms with E-state index in [2.05, 4.69) is 36.5 Å². The number of hydrogen-bond donors (Lipinski definition) is 2. The molecule has 4 aromatic rings. The number of hydrogen-bond acceptors (Lipinski definition) is 7. The Morgan fingerprint density at radius 2 is 1.85 bits per heavy atom. The maximum absolute atomic E-state index is 13.6. The fourth-order valence-corrected chi connectivity index (χ4v) is 5.77. The minimum atomic E-state index is -3.91. The molecule has 0 spiro atoms. The van der Waals surface area contributed by atoms with E-state index in [0.717, 1.165) is 26.8 Å². The molecule has 4 rings (SSSR count). The molecule has 0 saturated heterocycles. The van der Waals surface area contributed by atoms with Gasteiger partial charge in [0.15, 0.2) is 0 Å². The Kier molecular flexibility index (Phi) is 9.39. The average Bonchev–Trinajstić information content (AvgIpc) is 2.92. The Morgan fingerprint density at radius 3 is 2.54 bits per heavy atom. The molecule has 0 radical (unpaired) electrons. The molecule has 0 saturated carbocycles. The zero-order valence-corrected chi connectivity index (χ0v) is 24.5. The van der Waals surface area contributed by atoms with Crippen LogP contribution in [0.4, 0.5) is 11.5 Å². The molecule has 9 nitrogen and oxygen atoms in total. The van der Waals surface area contributed by atoms with Gasteiger partial charge in [-0.1, -0.05) is 11.6 Å². The number of sulfonamides is 1. The zero-order chi connectivity index (χ0) is 28.0. The van der Waals surface area contributed by atoms with Gasteiger partial charge in [0.2, 0.25) is 15.9 Å². The summed E-state index contributed by atoms with van der Waals surface area (Å²) in [5.74, 6) is 0.577. The summed E-state index contributed by atoms with van der Waals surface area (Å²) in [6, 6.07) is 16.9. The van der Waals surface area contributed by atoms with E-state index in [9.17, 15) is 13.2 Å². The predicted molar refractivity (Wildman–Crippen MR) is 157 cm³/mol. The summed E-state index contributed by atoms with van der Waals surface area (Å²) < 4.78 is 34.4. The standard InChI is InChI=1S/C27H27BrClN5O4S/c1-18-15-25(23-16-20(29)4-9-24(23)32-18)30-12-14-34(39(36,37)22-7-5-21(38-2)6-8-22)13-11-27(35)33-26-10-3-19(28)17-31-26/h3-10,15-17H,11-14H2,1-2H3,(H,30,32)(H,31,33,35). The molecule has 39 heavy (non-hydrogen) atoms. The maximum atomic E-state index is 13.6. The van der Waals surface area contributed by atoms with Gasteiger partial charge < -0.3 is 15.4 Å². The number of carbonyl (C=O) groups is 1. The predicted octanol–water partition coefficient (Wildman–Crippen LogP) is 5.49. The number of halogens is 2. The van der Waals surface area contributed by atoms with Crippen LogP contribution >= 0.6 is 27.5 Å². The van der Waals surface area contributed by atoms with Gasteiger partial charge in [-0.05, 0) is 83.5 Å². The molecule has 0 atom stereocenters. The van der Waals surface area contributed by atoms with E-state index in [0.29, 0.717) is 16.6 Å². The minimum absolute atomic E-state index is 0.0274. The van der Waals surface area contributed by atoms with Gasteiger partial charge in [-0.25, -0.2) is 13.4 Å². The second-order valence-corrected chi connectivity index (χ2v) is 11.9. The van der Waals surface area contributed by atoms with E-state index in [1.165, 1.54) is 23.5 Å². The molecule has 0 fully saturated rings. The van der Waals surface area contributed by atoms with Crippen molar-refractivity contribution < 1.29 is 17.9 Å². The van der Waals surface area contributed by atoms with Crippen LogP contribution in [0, 0.1) is 6.92 Å². The van der Waals surface area contributed by atoms with Crippen LogP contribution in [-0.2, 0) is 14.8 Å². The van der Waals surface area contributed by atoms with Crippen molar-refractivity contribution in [3.8, 4) is 5.75 Å². The number of benzene rings is 2. The molecule has 2 aromatic heterocycles. The van der Waals surface area contributed by atoms with Crippen LogP contribution in [0.2, 0.25) is 5.02 Å². The molecule has 2 heterocycles. The highest BCUT2D eigenvalue weighted by Gasteiger charge is 2.25. The number of fused-ring (bicyclic) bond motifs is 1. The van der Waals surface area contributed by atoms with E-state index < -0.39 is 10.0 Å². The van der Waals surface area contributed by atoms with Gasteiger partial charge in [0.05, 0.1) is 17.5 Å². The van der Waals surface area contributed by atoms with Crippen molar-refractivity contribution in [3.63, 3.8) is 0 Å². The summed E-state index contributed by atoms with van der Waals surface area (Å²) >= 11 is 9.51. The first-order valence-electron chi connectivity index (χ1n) is 12.0. The molecule has 0 unspecified atom stereocenters. The van der Waals surface area contributed by atoms with Crippen molar-refractivity contribution >= 4 is 65.9 Å². The number of carbonyl (C=O) groups excluding carboxylic acids is 1. The Bertz CT molecular complexity index is 1570. The Hall–Kier alpha value is -3.25. The van der Waals surface area contributed by atoms with Gasteiger partial charge >= 0.3 is 0 Å². The molecular weight excluding hydrogens is 606 g/mol. The number of ether oxygens (including phenoxy) is 1. The summed E-state index contributed by atoms with van der Waals surface area (Å²) in [5.41, 5.74) is 2.39. The van der Waals surface area contributed by atoms with Crippen LogP contribution in [0.1, 0.15) is 12.1 Å². The van der Waals surface area contributed by atoms with Crippen LogP contribution in [0.15, 0.2) is 76.2 Å². The van der Waals surface area contributed by atoms with Gasteiger partial charge in [-0.15, -0.1) is 0 Å². The number of aromatic nitrogens is 2. The Balaban J connectivity index is 1.51. The molecule has 0 aliphatic rings. The van der Waals surface area contributed by atoms with Gasteiger partial charge in [0, 0.05) is 58.5 Å².